The summed E-state index contributed by atoms with van der Waals surface area (Å²) in [6.07, 6.45) is 0. The third kappa shape index (κ3) is 1.71. The zero-order valence-electron chi connectivity index (χ0n) is 7.88. The number of rotatable bonds is 2. The molecule has 2 N–H and O–H groups in total. The molecule has 15 heavy (non-hydrogen) atoms. The average Bonchev–Trinajstić information content (AvgIpc) is 2.58. The minimum atomic E-state index is -0.557. The van der Waals surface area contributed by atoms with Gasteiger partial charge in [0.05, 0.1) is 5.69 Å². The Morgan fingerprint density at radius 1 is 1.47 bits per heavy atom. The first-order valence-corrected chi connectivity index (χ1v) is 4.12. The van der Waals surface area contributed by atoms with Crippen LogP contribution >= 0.6 is 0 Å². The number of aromatic nitrogens is 4. The normalized spacial score (nSPS) is 10.3. The van der Waals surface area contributed by atoms with E-state index in [2.05, 4.69) is 15.5 Å². The monoisotopic (exact) mass is 209 g/mol. The predicted molar refractivity (Wildman–Crippen MR) is 49.7 cm³/mol. The number of benzene rings is 1. The van der Waals surface area contributed by atoms with Crippen molar-refractivity contribution in [2.45, 2.75) is 0 Å². The fraction of sp³-hybridized carbons (Fsp3) is 0.125. The van der Waals surface area contributed by atoms with Crippen molar-refractivity contribution in [2.75, 3.05) is 5.73 Å². The second-order valence-electron chi connectivity index (χ2n) is 2.85. The second kappa shape index (κ2) is 3.52. The molecule has 6 nitrogen and oxygen atoms in total. The number of nitrogen functional groups attached to an aromatic ring is 1. The SMILES string of the molecule is Cn1nnnc1Oc1c(N)cccc1F. The van der Waals surface area contributed by atoms with Crippen molar-refractivity contribution >= 4 is 5.69 Å². The highest BCUT2D eigenvalue weighted by Gasteiger charge is 2.12. The number of nitrogens with zero attached hydrogens (tertiary/aromatic N) is 4. The summed E-state index contributed by atoms with van der Waals surface area (Å²) in [5.74, 6) is -0.631. The Morgan fingerprint density at radius 3 is 2.87 bits per heavy atom. The number of ether oxygens (including phenoxy) is 1. The molecule has 0 spiro atoms. The van der Waals surface area contributed by atoms with Crippen molar-refractivity contribution in [3.63, 3.8) is 0 Å². The molecule has 0 aliphatic heterocycles. The van der Waals surface area contributed by atoms with Crippen molar-refractivity contribution in [1.29, 1.82) is 0 Å². The van der Waals surface area contributed by atoms with Gasteiger partial charge in [-0.3, -0.25) is 0 Å². The Morgan fingerprint density at radius 2 is 2.27 bits per heavy atom. The first-order chi connectivity index (χ1) is 7.18. The Labute approximate surface area is 84.5 Å². The smallest absolute Gasteiger partial charge is 0.340 e. The van der Waals surface area contributed by atoms with Crippen molar-refractivity contribution < 1.29 is 9.13 Å². The van der Waals surface area contributed by atoms with E-state index in [1.54, 1.807) is 7.05 Å². The van der Waals surface area contributed by atoms with E-state index in [0.29, 0.717) is 0 Å². The van der Waals surface area contributed by atoms with E-state index in [1.807, 2.05) is 0 Å². The molecule has 1 aromatic heterocycles. The van der Waals surface area contributed by atoms with Gasteiger partial charge >= 0.3 is 6.01 Å². The molecule has 0 aliphatic rings. The maximum absolute atomic E-state index is 13.3. The van der Waals surface area contributed by atoms with Crippen LogP contribution in [0.25, 0.3) is 0 Å². The third-order valence-electron chi connectivity index (χ3n) is 1.77. The van der Waals surface area contributed by atoms with Crippen molar-refractivity contribution in [3.05, 3.63) is 24.0 Å². The second-order valence-corrected chi connectivity index (χ2v) is 2.85. The van der Waals surface area contributed by atoms with Crippen LogP contribution in [0.3, 0.4) is 0 Å². The lowest BCUT2D eigenvalue weighted by Crippen LogP contribution is -2.00. The maximum atomic E-state index is 13.3. The van der Waals surface area contributed by atoms with E-state index in [-0.39, 0.29) is 17.4 Å². The standard InChI is InChI=1S/C8H8FN5O/c1-14-8(11-12-13-14)15-7-5(9)3-2-4-6(7)10/h2-4H,10H2,1H3. The molecule has 0 fully saturated rings. The van der Waals surface area contributed by atoms with Crippen LogP contribution in [-0.4, -0.2) is 20.2 Å². The van der Waals surface area contributed by atoms with Gasteiger partial charge in [0, 0.05) is 7.05 Å². The Balaban J connectivity index is 2.36. The van der Waals surface area contributed by atoms with Gasteiger partial charge in [0.1, 0.15) is 0 Å². The van der Waals surface area contributed by atoms with Crippen LogP contribution in [0.4, 0.5) is 10.1 Å². The highest BCUT2D eigenvalue weighted by atomic mass is 19.1. The number of hydrogen-bond acceptors (Lipinski definition) is 5. The molecule has 0 bridgehead atoms. The molecule has 0 radical (unpaired) electrons. The van der Waals surface area contributed by atoms with Gasteiger partial charge in [-0.2, -0.15) is 4.68 Å². The molecule has 0 saturated carbocycles. The number of halogens is 1. The van der Waals surface area contributed by atoms with Gasteiger partial charge in [-0.25, -0.2) is 4.39 Å². The van der Waals surface area contributed by atoms with Gasteiger partial charge in [-0.05, 0) is 22.6 Å². The van der Waals surface area contributed by atoms with Crippen molar-refractivity contribution in [1.82, 2.24) is 20.2 Å². The van der Waals surface area contributed by atoms with Crippen LogP contribution in [0.1, 0.15) is 0 Å². The fourth-order valence-corrected chi connectivity index (χ4v) is 1.03. The molecule has 78 valence electrons. The molecular formula is C8H8FN5O. The number of para-hydroxylation sites is 1. The molecule has 0 amide bonds. The summed E-state index contributed by atoms with van der Waals surface area (Å²) in [5.41, 5.74) is 5.74. The zero-order chi connectivity index (χ0) is 10.8. The van der Waals surface area contributed by atoms with Crippen molar-refractivity contribution in [2.24, 2.45) is 7.05 Å². The largest absolute Gasteiger partial charge is 0.418 e. The molecule has 0 aliphatic carbocycles. The molecule has 0 unspecified atom stereocenters. The third-order valence-corrected chi connectivity index (χ3v) is 1.77. The van der Waals surface area contributed by atoms with Crippen LogP contribution in [0.2, 0.25) is 0 Å². The lowest BCUT2D eigenvalue weighted by atomic mass is 10.3. The summed E-state index contributed by atoms with van der Waals surface area (Å²) in [5, 5.41) is 10.4. The molecule has 2 rings (SSSR count). The van der Waals surface area contributed by atoms with E-state index < -0.39 is 5.82 Å². The molecule has 1 aromatic carbocycles. The number of tetrazole rings is 1. The first-order valence-electron chi connectivity index (χ1n) is 4.12. The van der Waals surface area contributed by atoms with Crippen LogP contribution in [0.5, 0.6) is 11.8 Å². The number of nitrogens with two attached hydrogens (primary N) is 1. The lowest BCUT2D eigenvalue weighted by Gasteiger charge is -2.06. The van der Waals surface area contributed by atoms with E-state index in [1.165, 1.54) is 22.9 Å². The van der Waals surface area contributed by atoms with Gasteiger partial charge in [-0.15, -0.1) is 0 Å². The number of anilines is 1. The predicted octanol–water partition coefficient (Wildman–Crippen LogP) is 0.724. The summed E-state index contributed by atoms with van der Waals surface area (Å²) in [7, 11) is 1.58. The van der Waals surface area contributed by atoms with Gasteiger partial charge in [0.2, 0.25) is 0 Å². The van der Waals surface area contributed by atoms with Crippen molar-refractivity contribution in [3.8, 4) is 11.8 Å². The minimum Gasteiger partial charge on any atom is -0.418 e. The highest BCUT2D eigenvalue weighted by molar-refractivity contribution is 5.53. The molecule has 1 heterocycles. The molecule has 0 atom stereocenters. The quantitative estimate of drug-likeness (QED) is 0.737. The van der Waals surface area contributed by atoms with E-state index in [9.17, 15) is 4.39 Å². The summed E-state index contributed by atoms with van der Waals surface area (Å²) >= 11 is 0. The van der Waals surface area contributed by atoms with E-state index in [0.717, 1.165) is 0 Å². The zero-order valence-corrected chi connectivity index (χ0v) is 7.88. The van der Waals surface area contributed by atoms with Crippen LogP contribution < -0.4 is 10.5 Å². The summed E-state index contributed by atoms with van der Waals surface area (Å²) in [6, 6.07) is 4.34. The van der Waals surface area contributed by atoms with Gasteiger partial charge < -0.3 is 10.5 Å². The lowest BCUT2D eigenvalue weighted by molar-refractivity contribution is 0.392. The average molecular weight is 209 g/mol. The van der Waals surface area contributed by atoms with Crippen LogP contribution in [-0.2, 0) is 7.05 Å². The molecule has 0 saturated heterocycles. The minimum absolute atomic E-state index is 0.0737. The Kier molecular flexibility index (Phi) is 2.20. The Hall–Kier alpha value is -2.18. The van der Waals surface area contributed by atoms with Crippen LogP contribution in [0.15, 0.2) is 18.2 Å². The summed E-state index contributed by atoms with van der Waals surface area (Å²) < 4.78 is 19.7. The van der Waals surface area contributed by atoms with Gasteiger partial charge in [0.15, 0.2) is 11.6 Å². The Bertz CT molecular complexity index is 463. The topological polar surface area (TPSA) is 78.8 Å². The number of hydrogen-bond donors (Lipinski definition) is 1. The molecule has 2 aromatic rings. The summed E-state index contributed by atoms with van der Waals surface area (Å²) in [4.78, 5) is 0. The van der Waals surface area contributed by atoms with Gasteiger partial charge in [-0.1, -0.05) is 11.2 Å². The molecular weight excluding hydrogens is 201 g/mol. The van der Waals surface area contributed by atoms with E-state index in [4.69, 9.17) is 10.5 Å². The highest BCUT2D eigenvalue weighted by Crippen LogP contribution is 2.28. The van der Waals surface area contributed by atoms with E-state index >= 15 is 0 Å². The summed E-state index contributed by atoms with van der Waals surface area (Å²) in [6.45, 7) is 0. The van der Waals surface area contributed by atoms with Gasteiger partial charge in [0.25, 0.3) is 0 Å². The molecule has 7 heteroatoms. The first kappa shape index (κ1) is 9.38. The van der Waals surface area contributed by atoms with Crippen LogP contribution in [0, 0.1) is 5.82 Å². The fourth-order valence-electron chi connectivity index (χ4n) is 1.03. The number of aryl methyl sites for hydroxylation is 1. The maximum Gasteiger partial charge on any atom is 0.340 e.